The number of carbonyl (C=O) groups excluding carboxylic acids is 3. The fourth-order valence-electron chi connectivity index (χ4n) is 5.62. The van der Waals surface area contributed by atoms with Gasteiger partial charge in [0.05, 0.1) is 29.3 Å². The van der Waals surface area contributed by atoms with Gasteiger partial charge >= 0.3 is 6.03 Å². The van der Waals surface area contributed by atoms with Crippen molar-refractivity contribution in [1.82, 2.24) is 9.80 Å². The third-order valence-corrected chi connectivity index (χ3v) is 7.64. The van der Waals surface area contributed by atoms with Crippen molar-refractivity contribution in [2.45, 2.75) is 59.2 Å². The molecular weight excluding hydrogens is 530 g/mol. The number of hydrogen-bond acceptors (Lipinski definition) is 6. The van der Waals surface area contributed by atoms with Gasteiger partial charge in [-0.05, 0) is 63.1 Å². The number of fused-ring (bicyclic) bond motifs is 2. The van der Waals surface area contributed by atoms with Gasteiger partial charge in [0.2, 0.25) is 0 Å². The second-order valence-electron chi connectivity index (χ2n) is 11.8. The molecule has 2 heterocycles. The maximum absolute atomic E-state index is 13.1. The lowest BCUT2D eigenvalue weighted by Gasteiger charge is -2.42. The highest BCUT2D eigenvalue weighted by Crippen LogP contribution is 2.54. The Bertz CT molecular complexity index is 1550. The number of para-hydroxylation sites is 2. The standard InChI is InChI=1S/C34H37N3O5/c1-20(2)41-29-19-28(37-26-15-11-9-13-24(26)34(5,6)25-14-10-12-16-27(25)37)30(42-21(3)4)18-22(29)17-23-31(38)35(7)33(40)36(8)32(23)39/h9-21H,1-8H3. The number of nitrogens with zero attached hydrogens (tertiary/aromatic N) is 3. The summed E-state index contributed by atoms with van der Waals surface area (Å²) in [5.74, 6) is -0.304. The molecule has 3 aromatic rings. The summed E-state index contributed by atoms with van der Waals surface area (Å²) in [6, 6.07) is 19.7. The molecule has 1 saturated heterocycles. The summed E-state index contributed by atoms with van der Waals surface area (Å²) >= 11 is 0. The second kappa shape index (κ2) is 10.7. The van der Waals surface area contributed by atoms with Gasteiger partial charge in [0.15, 0.2) is 0 Å². The van der Waals surface area contributed by atoms with Crippen LogP contribution in [0.1, 0.15) is 58.2 Å². The molecule has 42 heavy (non-hydrogen) atoms. The van der Waals surface area contributed by atoms with Crippen LogP contribution in [0.4, 0.5) is 21.9 Å². The van der Waals surface area contributed by atoms with Gasteiger partial charge in [0, 0.05) is 31.1 Å². The minimum Gasteiger partial charge on any atom is -0.490 e. The number of benzene rings is 3. The maximum Gasteiger partial charge on any atom is 0.333 e. The Balaban J connectivity index is 1.78. The van der Waals surface area contributed by atoms with Crippen molar-refractivity contribution >= 4 is 41.0 Å². The number of imide groups is 2. The average Bonchev–Trinajstić information content (AvgIpc) is 2.94. The van der Waals surface area contributed by atoms with E-state index in [1.807, 2.05) is 52.0 Å². The Morgan fingerprint density at radius 1 is 0.690 bits per heavy atom. The van der Waals surface area contributed by atoms with Gasteiger partial charge < -0.3 is 14.4 Å². The van der Waals surface area contributed by atoms with Crippen molar-refractivity contribution < 1.29 is 23.9 Å². The molecule has 1 fully saturated rings. The molecule has 0 aromatic heterocycles. The van der Waals surface area contributed by atoms with Gasteiger partial charge in [0.1, 0.15) is 17.1 Å². The van der Waals surface area contributed by atoms with E-state index < -0.39 is 17.8 Å². The van der Waals surface area contributed by atoms with Crippen molar-refractivity contribution in [3.05, 3.63) is 82.9 Å². The minimum atomic E-state index is -0.676. The van der Waals surface area contributed by atoms with E-state index in [1.165, 1.54) is 31.3 Å². The monoisotopic (exact) mass is 567 g/mol. The summed E-state index contributed by atoms with van der Waals surface area (Å²) in [6.45, 7) is 12.2. The normalized spacial score (nSPS) is 16.2. The lowest BCUT2D eigenvalue weighted by Crippen LogP contribution is -2.52. The highest BCUT2D eigenvalue weighted by Gasteiger charge is 2.39. The fourth-order valence-corrected chi connectivity index (χ4v) is 5.62. The van der Waals surface area contributed by atoms with Crippen LogP contribution in [-0.4, -0.2) is 53.9 Å². The van der Waals surface area contributed by atoms with Crippen LogP contribution in [0.25, 0.3) is 6.08 Å². The number of barbiturate groups is 1. The van der Waals surface area contributed by atoms with Crippen LogP contribution in [-0.2, 0) is 15.0 Å². The molecule has 2 aliphatic rings. The average molecular weight is 568 g/mol. The minimum absolute atomic E-state index is 0.133. The number of anilines is 3. The second-order valence-corrected chi connectivity index (χ2v) is 11.8. The number of amides is 4. The first-order valence-electron chi connectivity index (χ1n) is 14.1. The van der Waals surface area contributed by atoms with Gasteiger partial charge in [-0.1, -0.05) is 50.2 Å². The summed E-state index contributed by atoms with van der Waals surface area (Å²) in [5, 5.41) is 0. The van der Waals surface area contributed by atoms with Gasteiger partial charge in [0.25, 0.3) is 11.8 Å². The van der Waals surface area contributed by atoms with E-state index in [-0.39, 0.29) is 23.2 Å². The summed E-state index contributed by atoms with van der Waals surface area (Å²) in [4.78, 5) is 42.5. The van der Waals surface area contributed by atoms with E-state index >= 15 is 0 Å². The van der Waals surface area contributed by atoms with Crippen LogP contribution in [0.2, 0.25) is 0 Å². The summed E-state index contributed by atoms with van der Waals surface area (Å²) < 4.78 is 12.7. The molecule has 0 saturated carbocycles. The molecule has 0 radical (unpaired) electrons. The summed E-state index contributed by atoms with van der Waals surface area (Å²) in [5.41, 5.74) is 5.29. The van der Waals surface area contributed by atoms with Gasteiger partial charge in [-0.25, -0.2) is 4.79 Å². The third kappa shape index (κ3) is 4.81. The van der Waals surface area contributed by atoms with Crippen LogP contribution in [0.5, 0.6) is 11.5 Å². The molecule has 0 spiro atoms. The number of carbonyl (C=O) groups is 3. The van der Waals surface area contributed by atoms with Crippen LogP contribution in [0.3, 0.4) is 0 Å². The predicted octanol–water partition coefficient (Wildman–Crippen LogP) is 6.80. The van der Waals surface area contributed by atoms with Crippen LogP contribution < -0.4 is 14.4 Å². The third-order valence-electron chi connectivity index (χ3n) is 7.64. The number of likely N-dealkylation sites (N-methyl/N-ethyl adjacent to an activating group) is 2. The molecule has 0 N–H and O–H groups in total. The van der Waals surface area contributed by atoms with Gasteiger partial charge in [-0.2, -0.15) is 0 Å². The molecule has 218 valence electrons. The van der Waals surface area contributed by atoms with E-state index in [9.17, 15) is 14.4 Å². The van der Waals surface area contributed by atoms with Crippen molar-refractivity contribution in [3.63, 3.8) is 0 Å². The van der Waals surface area contributed by atoms with Crippen molar-refractivity contribution in [3.8, 4) is 11.5 Å². The van der Waals surface area contributed by atoms with Crippen LogP contribution in [0.15, 0.2) is 66.2 Å². The van der Waals surface area contributed by atoms with Gasteiger partial charge in [-0.3, -0.25) is 19.4 Å². The topological polar surface area (TPSA) is 79.4 Å². The van der Waals surface area contributed by atoms with Crippen LogP contribution >= 0.6 is 0 Å². The fraction of sp³-hybridized carbons (Fsp3) is 0.324. The largest absolute Gasteiger partial charge is 0.490 e. The van der Waals surface area contributed by atoms with E-state index in [0.717, 1.165) is 26.9 Å². The molecule has 8 heteroatoms. The molecular formula is C34H37N3O5. The van der Waals surface area contributed by atoms with Crippen molar-refractivity contribution in [2.75, 3.05) is 19.0 Å². The Morgan fingerprint density at radius 3 is 1.67 bits per heavy atom. The molecule has 0 unspecified atom stereocenters. The van der Waals surface area contributed by atoms with Crippen molar-refractivity contribution in [1.29, 1.82) is 0 Å². The van der Waals surface area contributed by atoms with Crippen molar-refractivity contribution in [2.24, 2.45) is 0 Å². The molecule has 0 atom stereocenters. The van der Waals surface area contributed by atoms with Gasteiger partial charge in [-0.15, -0.1) is 0 Å². The smallest absolute Gasteiger partial charge is 0.333 e. The Hall–Kier alpha value is -4.59. The molecule has 4 amide bonds. The summed E-state index contributed by atoms with van der Waals surface area (Å²) in [6.07, 6.45) is 1.12. The molecule has 5 rings (SSSR count). The molecule has 0 aliphatic carbocycles. The highest BCUT2D eigenvalue weighted by molar-refractivity contribution is 6.30. The van der Waals surface area contributed by atoms with Crippen LogP contribution in [0, 0.1) is 0 Å². The highest BCUT2D eigenvalue weighted by atomic mass is 16.5. The Kier molecular flexibility index (Phi) is 7.35. The number of rotatable bonds is 6. The Morgan fingerprint density at radius 2 is 1.17 bits per heavy atom. The first-order chi connectivity index (χ1) is 19.8. The number of ether oxygens (including phenoxy) is 2. The van der Waals surface area contributed by atoms with E-state index in [2.05, 4.69) is 55.1 Å². The van der Waals surface area contributed by atoms with E-state index in [4.69, 9.17) is 9.47 Å². The zero-order valence-electron chi connectivity index (χ0n) is 25.4. The zero-order chi connectivity index (χ0) is 30.5. The number of urea groups is 1. The lowest BCUT2D eigenvalue weighted by molar-refractivity contribution is -0.134. The molecule has 2 aliphatic heterocycles. The maximum atomic E-state index is 13.1. The zero-order valence-corrected chi connectivity index (χ0v) is 25.4. The first kappa shape index (κ1) is 28.9. The molecule has 3 aromatic carbocycles. The quantitative estimate of drug-likeness (QED) is 0.241. The lowest BCUT2D eigenvalue weighted by atomic mass is 9.73. The first-order valence-corrected chi connectivity index (χ1v) is 14.1. The van der Waals surface area contributed by atoms with E-state index in [0.29, 0.717) is 17.1 Å². The van der Waals surface area contributed by atoms with E-state index in [1.54, 1.807) is 0 Å². The number of hydrogen-bond donors (Lipinski definition) is 0. The summed E-state index contributed by atoms with van der Waals surface area (Å²) in [7, 11) is 2.71. The molecule has 0 bridgehead atoms. The predicted molar refractivity (Wildman–Crippen MR) is 164 cm³/mol. The Labute approximate surface area is 247 Å². The molecule has 8 nitrogen and oxygen atoms in total. The SMILES string of the molecule is CC(C)Oc1cc(N2c3ccccc3C(C)(C)c3ccccc32)c(OC(C)C)cc1C=C1C(=O)N(C)C(=O)N(C)C1=O.